The molecule has 5 aromatic carbocycles. The highest BCUT2D eigenvalue weighted by Crippen LogP contribution is 2.29. The van der Waals surface area contributed by atoms with Crippen molar-refractivity contribution in [3.8, 4) is 0 Å². The second-order valence-electron chi connectivity index (χ2n) is 8.78. The van der Waals surface area contributed by atoms with Crippen LogP contribution in [0.2, 0.25) is 0 Å². The number of pyridine rings is 1. The van der Waals surface area contributed by atoms with Crippen LogP contribution < -0.4 is 10.9 Å². The quantitative estimate of drug-likeness (QED) is 0.211. The average Bonchev–Trinajstić information content (AvgIpc) is 2.94. The van der Waals surface area contributed by atoms with Crippen LogP contribution in [0.15, 0.2) is 140 Å². The number of hydrogen-bond acceptors (Lipinski definition) is 1. The lowest BCUT2D eigenvalue weighted by atomic mass is 9.35. The summed E-state index contributed by atoms with van der Waals surface area (Å²) in [6.45, 7) is 0.0758. The Morgan fingerprint density at radius 2 is 0.971 bits per heavy atom. The van der Waals surface area contributed by atoms with Crippen molar-refractivity contribution in [1.82, 2.24) is 4.98 Å². The molecule has 0 unspecified atom stereocenters. The number of rotatable bonds is 5. The van der Waals surface area contributed by atoms with Crippen LogP contribution >= 0.6 is 0 Å². The van der Waals surface area contributed by atoms with Gasteiger partial charge >= 0.3 is 0 Å². The van der Waals surface area contributed by atoms with Gasteiger partial charge in [0.1, 0.15) is 0 Å². The summed E-state index contributed by atoms with van der Waals surface area (Å²) in [5.41, 5.74) is 6.97. The maximum atomic E-state index is 5.16. The van der Waals surface area contributed by atoms with Crippen molar-refractivity contribution < 1.29 is 0 Å². The zero-order valence-corrected chi connectivity index (χ0v) is 19.4. The van der Waals surface area contributed by atoms with E-state index in [0.29, 0.717) is 0 Å². The van der Waals surface area contributed by atoms with Gasteiger partial charge in [-0.3, -0.25) is 0 Å². The summed E-state index contributed by atoms with van der Waals surface area (Å²) in [6, 6.07) is 49.2. The summed E-state index contributed by atoms with van der Waals surface area (Å²) in [5.74, 6) is 0. The molecule has 0 saturated carbocycles. The van der Waals surface area contributed by atoms with Gasteiger partial charge in [0, 0.05) is 10.8 Å². The Bertz CT molecular complexity index is 1580. The monoisotopic (exact) mass is 445 g/mol. The van der Waals surface area contributed by atoms with E-state index in [2.05, 4.69) is 146 Å². The van der Waals surface area contributed by atoms with Gasteiger partial charge in [0.2, 0.25) is 6.71 Å². The first-order valence-corrected chi connectivity index (χ1v) is 12.0. The predicted octanol–water partition coefficient (Wildman–Crippen LogP) is 6.78. The topological polar surface area (TPSA) is 12.9 Å². The molecule has 35 heavy (non-hydrogen) atoms. The smallest absolute Gasteiger partial charge is 0.242 e. The van der Waals surface area contributed by atoms with Gasteiger partial charge in [-0.05, 0) is 23.1 Å². The van der Waals surface area contributed by atoms with Gasteiger partial charge in [-0.25, -0.2) is 4.98 Å². The van der Waals surface area contributed by atoms with Crippen LogP contribution in [-0.4, -0.2) is 11.7 Å². The van der Waals surface area contributed by atoms with Gasteiger partial charge in [0.05, 0.1) is 11.2 Å². The summed E-state index contributed by atoms with van der Waals surface area (Å²) in [7, 11) is 0. The van der Waals surface area contributed by atoms with E-state index in [1.54, 1.807) is 0 Å². The number of para-hydroxylation sites is 1. The molecule has 0 bridgehead atoms. The maximum absolute atomic E-state index is 5.16. The summed E-state index contributed by atoms with van der Waals surface area (Å²) in [4.78, 5) is 5.16. The standard InChI is InChI=1S/C33H24BN/c1-4-14-25(15-5-1)31(34(26-16-6-2-7-17-26)27-18-8-3-9-19-27)24-33-30-22-11-10-20-28(30)29-21-12-13-23-32(29)35-33/h1-24H. The largest absolute Gasteiger partial charge is 0.248 e. The minimum Gasteiger partial charge on any atom is -0.248 e. The Kier molecular flexibility index (Phi) is 5.70. The molecule has 2 heteroatoms. The van der Waals surface area contributed by atoms with Crippen molar-refractivity contribution in [2.75, 3.05) is 0 Å². The fourth-order valence-electron chi connectivity index (χ4n) is 4.99. The predicted molar refractivity (Wildman–Crippen MR) is 151 cm³/mol. The Morgan fingerprint density at radius 3 is 1.60 bits per heavy atom. The summed E-state index contributed by atoms with van der Waals surface area (Å²) >= 11 is 0. The molecule has 6 rings (SSSR count). The van der Waals surface area contributed by atoms with Gasteiger partial charge in [-0.15, -0.1) is 0 Å². The van der Waals surface area contributed by atoms with Crippen LogP contribution in [0.1, 0.15) is 11.3 Å². The highest BCUT2D eigenvalue weighted by Gasteiger charge is 2.25. The summed E-state index contributed by atoms with van der Waals surface area (Å²) in [6.07, 6.45) is 2.30. The lowest BCUT2D eigenvalue weighted by Gasteiger charge is -2.20. The van der Waals surface area contributed by atoms with Crippen LogP contribution in [0.5, 0.6) is 0 Å². The van der Waals surface area contributed by atoms with E-state index < -0.39 is 0 Å². The molecule has 6 aromatic rings. The third kappa shape index (κ3) is 4.15. The minimum absolute atomic E-state index is 0.0758. The molecule has 0 spiro atoms. The summed E-state index contributed by atoms with van der Waals surface area (Å²) < 4.78 is 0. The van der Waals surface area contributed by atoms with Gasteiger partial charge in [0.25, 0.3) is 0 Å². The van der Waals surface area contributed by atoms with Crippen LogP contribution in [0.25, 0.3) is 33.2 Å². The second-order valence-corrected chi connectivity index (χ2v) is 8.78. The number of benzene rings is 5. The Morgan fingerprint density at radius 1 is 0.486 bits per heavy atom. The van der Waals surface area contributed by atoms with Crippen molar-refractivity contribution in [2.24, 2.45) is 0 Å². The third-order valence-corrected chi connectivity index (χ3v) is 6.61. The lowest BCUT2D eigenvalue weighted by Crippen LogP contribution is -2.43. The first kappa shape index (κ1) is 21.1. The normalized spacial score (nSPS) is 11.6. The van der Waals surface area contributed by atoms with E-state index in [0.717, 1.165) is 11.2 Å². The van der Waals surface area contributed by atoms with E-state index in [-0.39, 0.29) is 6.71 Å². The molecule has 0 aliphatic rings. The van der Waals surface area contributed by atoms with Crippen molar-refractivity contribution >= 4 is 50.9 Å². The van der Waals surface area contributed by atoms with Crippen LogP contribution in [0.4, 0.5) is 0 Å². The molecule has 1 nitrogen and oxygen atoms in total. The lowest BCUT2D eigenvalue weighted by molar-refractivity contribution is 1.40. The van der Waals surface area contributed by atoms with Crippen LogP contribution in [0, 0.1) is 0 Å². The van der Waals surface area contributed by atoms with Crippen molar-refractivity contribution in [3.05, 3.63) is 151 Å². The van der Waals surface area contributed by atoms with Gasteiger partial charge < -0.3 is 0 Å². The molecule has 1 aromatic heterocycles. The second kappa shape index (κ2) is 9.44. The maximum Gasteiger partial charge on any atom is 0.242 e. The highest BCUT2D eigenvalue weighted by molar-refractivity contribution is 7.00. The van der Waals surface area contributed by atoms with Crippen molar-refractivity contribution in [3.63, 3.8) is 0 Å². The Hall–Kier alpha value is -4.43. The molecule has 1 heterocycles. The zero-order chi connectivity index (χ0) is 23.5. The highest BCUT2D eigenvalue weighted by atomic mass is 14.7. The minimum atomic E-state index is 0.0758. The van der Waals surface area contributed by atoms with E-state index in [4.69, 9.17) is 4.98 Å². The molecule has 0 aliphatic carbocycles. The van der Waals surface area contributed by atoms with Gasteiger partial charge in [0.15, 0.2) is 0 Å². The average molecular weight is 445 g/mol. The molecule has 164 valence electrons. The fraction of sp³-hybridized carbons (Fsp3) is 0. The molecule has 0 fully saturated rings. The first-order valence-electron chi connectivity index (χ1n) is 12.0. The fourth-order valence-corrected chi connectivity index (χ4v) is 4.99. The molecular formula is C33H24BN. The van der Waals surface area contributed by atoms with Crippen LogP contribution in [0.3, 0.4) is 0 Å². The number of aromatic nitrogens is 1. The molecule has 0 aliphatic heterocycles. The Balaban J connectivity index is 1.67. The van der Waals surface area contributed by atoms with Crippen LogP contribution in [-0.2, 0) is 0 Å². The molecule has 0 radical (unpaired) electrons. The van der Waals surface area contributed by atoms with E-state index in [1.165, 1.54) is 38.1 Å². The first-order chi connectivity index (χ1) is 17.4. The third-order valence-electron chi connectivity index (χ3n) is 6.61. The molecule has 0 amide bonds. The number of fused-ring (bicyclic) bond motifs is 3. The molecule has 0 saturated heterocycles. The van der Waals surface area contributed by atoms with Gasteiger partial charge in [-0.1, -0.05) is 150 Å². The van der Waals surface area contributed by atoms with E-state index in [9.17, 15) is 0 Å². The zero-order valence-electron chi connectivity index (χ0n) is 19.4. The molecule has 0 N–H and O–H groups in total. The van der Waals surface area contributed by atoms with Gasteiger partial charge in [-0.2, -0.15) is 0 Å². The van der Waals surface area contributed by atoms with Crippen molar-refractivity contribution in [1.29, 1.82) is 0 Å². The van der Waals surface area contributed by atoms with E-state index >= 15 is 0 Å². The SMILES string of the molecule is C(=C(B(c1ccccc1)c1ccccc1)c1ccccc1)c1nc2ccccc2c2ccccc12. The number of hydrogen-bond donors (Lipinski definition) is 0. The molecular weight excluding hydrogens is 421 g/mol. The van der Waals surface area contributed by atoms with Crippen molar-refractivity contribution in [2.45, 2.75) is 0 Å². The molecule has 0 atom stereocenters. The Labute approximate surface area is 206 Å². The number of nitrogens with zero attached hydrogens (tertiary/aromatic N) is 1. The van der Waals surface area contributed by atoms with E-state index in [1.807, 2.05) is 0 Å². The summed E-state index contributed by atoms with van der Waals surface area (Å²) in [5, 5.41) is 3.58.